The van der Waals surface area contributed by atoms with Crippen LogP contribution in [0.25, 0.3) is 0 Å². The number of carbonyl (C=O) groups excluding carboxylic acids is 7. The van der Waals surface area contributed by atoms with Gasteiger partial charge in [-0.15, -0.1) is 0 Å². The number of amides is 6. The van der Waals surface area contributed by atoms with Crippen molar-refractivity contribution >= 4 is 65.0 Å². The number of benzene rings is 2. The minimum Gasteiger partial charge on any atom is -0.481 e. The Morgan fingerprint density at radius 1 is 0.762 bits per heavy atom. The third-order valence-electron chi connectivity index (χ3n) is 14.1. The summed E-state index contributed by atoms with van der Waals surface area (Å²) in [6.07, 6.45) is 0.771. The average Bonchev–Trinajstić information content (AvgIpc) is 3.89. The Morgan fingerprint density at radius 2 is 1.41 bits per heavy atom. The molecule has 1 saturated heterocycles. The topological polar surface area (TPSA) is 335 Å². The maximum Gasteiger partial charge on any atom is 0.335 e. The summed E-state index contributed by atoms with van der Waals surface area (Å²) in [4.78, 5) is 132. The highest BCUT2D eigenvalue weighted by Crippen LogP contribution is 2.40. The molecule has 0 aromatic heterocycles. The number of piperidine rings is 1. The van der Waals surface area contributed by atoms with Gasteiger partial charge in [-0.3, -0.25) is 57.9 Å². The molecule has 0 aliphatic carbocycles. The molecule has 6 amide bonds. The first-order valence-electron chi connectivity index (χ1n) is 26.5. The first-order chi connectivity index (χ1) is 38.1. The predicted molar refractivity (Wildman–Crippen MR) is 276 cm³/mol. The fraction of sp³-hybridized carbons (Fsp3) is 0.577. The molecular weight excluding hydrogens is 1060 g/mol. The first kappa shape index (κ1) is 63.5. The number of hydrogen-bond donors (Lipinski definition) is 10. The van der Waals surface area contributed by atoms with Crippen molar-refractivity contribution in [2.45, 2.75) is 102 Å². The van der Waals surface area contributed by atoms with Crippen LogP contribution in [0.2, 0.25) is 0 Å². The lowest BCUT2D eigenvalue weighted by Gasteiger charge is -2.32. The predicted octanol–water partition coefficient (Wildman–Crippen LogP) is -0.207. The van der Waals surface area contributed by atoms with Gasteiger partial charge in [0.25, 0.3) is 0 Å². The van der Waals surface area contributed by atoms with Gasteiger partial charge in [0.1, 0.15) is 24.2 Å². The number of aliphatic carboxylic acids is 3. The van der Waals surface area contributed by atoms with Crippen LogP contribution in [0.4, 0.5) is 23.2 Å². The molecule has 80 heavy (non-hydrogen) atoms. The van der Waals surface area contributed by atoms with E-state index in [1.807, 2.05) is 4.90 Å². The lowest BCUT2D eigenvalue weighted by atomic mass is 9.97. The van der Waals surface area contributed by atoms with Crippen LogP contribution < -0.4 is 46.9 Å². The Hall–Kier alpha value is -7.30. The van der Waals surface area contributed by atoms with Crippen LogP contribution in [0.5, 0.6) is 5.75 Å². The average molecular weight is 1140 g/mol. The summed E-state index contributed by atoms with van der Waals surface area (Å²) in [5.74, 6) is -17.9. The largest absolute Gasteiger partial charge is 0.481 e. The molecule has 3 aliphatic rings. The van der Waals surface area contributed by atoms with Crippen LogP contribution in [-0.4, -0.2) is 187 Å². The SMILES string of the molecule is CC[C@H](C)[C@H](NC(=O)CCNC(=O)CCNC(=O)[C@@H](CCC(=O)O)NC(=O)CN1CCC(CNCCN(CCNCC(=O)O)CC(=O)O)CC1)C(=O)N[C@H]1CCc2cccc3c2N(C1=O)[C@H](C(=O)Oc1c(F)c(F)cc(F)c1F)C3. The zero-order valence-corrected chi connectivity index (χ0v) is 44.5. The fourth-order valence-corrected chi connectivity index (χ4v) is 9.56. The van der Waals surface area contributed by atoms with Gasteiger partial charge in [-0.05, 0) is 74.7 Å². The molecule has 2 aromatic carbocycles. The molecule has 0 unspecified atom stereocenters. The highest BCUT2D eigenvalue weighted by Gasteiger charge is 2.46. The molecule has 3 aliphatic heterocycles. The second kappa shape index (κ2) is 30.9. The Bertz CT molecular complexity index is 2560. The minimum absolute atomic E-state index is 0.0349. The van der Waals surface area contributed by atoms with Crippen LogP contribution in [0.15, 0.2) is 24.3 Å². The Morgan fingerprint density at radius 3 is 2.06 bits per heavy atom. The van der Waals surface area contributed by atoms with E-state index in [9.17, 15) is 75.7 Å². The quantitative estimate of drug-likeness (QED) is 0.0149. The van der Waals surface area contributed by atoms with Crippen LogP contribution in [0.3, 0.4) is 0 Å². The number of carboxylic acids is 3. The normalized spacial score (nSPS) is 17.3. The third-order valence-corrected chi connectivity index (χ3v) is 14.1. The standard InChI is InChI=1S/C52H70F4N10O14/c1-3-29(2)46(50(77)62-36-8-7-31-5-4-6-32-23-37(66(47(31)32)51(36)78)52(79)80-48-44(55)33(53)24-34(54)45(48)56)63-39(68)12-15-59-38(67)11-16-60-49(76)35(9-10-41(70)71)61-40(69)27-64-19-13-30(14-20-64)25-57-17-21-65(28-43(74)75)22-18-58-26-42(72)73/h4-6,24,29-30,35-37,46,57-58H,3,7-23,25-28H2,1-2H3,(H,59,67)(H,60,76)(H,61,69)(H,62,77)(H,63,68)(H,70,71)(H,72,73)(H,74,75)/t29-,35+,36-,37-,46-/m0/s1. The lowest BCUT2D eigenvalue weighted by molar-refractivity contribution is -0.139. The van der Waals surface area contributed by atoms with E-state index in [-0.39, 0.29) is 83.2 Å². The van der Waals surface area contributed by atoms with Gasteiger partial charge < -0.3 is 57.3 Å². The second-order valence-electron chi connectivity index (χ2n) is 20.0. The number of likely N-dealkylation sites (tertiary alicyclic amines) is 1. The van der Waals surface area contributed by atoms with Crippen molar-refractivity contribution < 1.29 is 85.6 Å². The zero-order valence-electron chi connectivity index (χ0n) is 44.5. The van der Waals surface area contributed by atoms with E-state index >= 15 is 0 Å². The molecule has 5 rings (SSSR count). The lowest BCUT2D eigenvalue weighted by Crippen LogP contribution is -2.57. The second-order valence-corrected chi connectivity index (χ2v) is 20.0. The van der Waals surface area contributed by atoms with Gasteiger partial charge in [0.15, 0.2) is 11.6 Å². The zero-order chi connectivity index (χ0) is 58.6. The summed E-state index contributed by atoms with van der Waals surface area (Å²) in [5, 5.41) is 46.4. The molecule has 0 radical (unpaired) electrons. The summed E-state index contributed by atoms with van der Waals surface area (Å²) in [7, 11) is 0. The summed E-state index contributed by atoms with van der Waals surface area (Å²) >= 11 is 0. The molecule has 1 fully saturated rings. The minimum atomic E-state index is -1.95. The third kappa shape index (κ3) is 18.9. The number of aryl methyl sites for hydroxylation is 1. The van der Waals surface area contributed by atoms with Gasteiger partial charge in [-0.1, -0.05) is 38.5 Å². The van der Waals surface area contributed by atoms with Crippen LogP contribution >= 0.6 is 0 Å². The maximum atomic E-state index is 14.5. The van der Waals surface area contributed by atoms with Crippen molar-refractivity contribution in [3.05, 3.63) is 58.7 Å². The van der Waals surface area contributed by atoms with Crippen molar-refractivity contribution in [3.8, 4) is 5.75 Å². The van der Waals surface area contributed by atoms with E-state index in [4.69, 9.17) is 9.84 Å². The molecule has 0 bridgehead atoms. The monoisotopic (exact) mass is 1130 g/mol. The Labute approximate surface area is 458 Å². The number of anilines is 1. The van der Waals surface area contributed by atoms with Gasteiger partial charge in [-0.25, -0.2) is 13.6 Å². The molecule has 28 heteroatoms. The molecule has 0 saturated carbocycles. The van der Waals surface area contributed by atoms with Crippen LogP contribution in [0, 0.1) is 35.1 Å². The number of ether oxygens (including phenoxy) is 1. The van der Waals surface area contributed by atoms with Crippen molar-refractivity contribution in [1.29, 1.82) is 0 Å². The summed E-state index contributed by atoms with van der Waals surface area (Å²) in [6.45, 7) is 6.02. The van der Waals surface area contributed by atoms with Crippen molar-refractivity contribution in [3.63, 3.8) is 0 Å². The van der Waals surface area contributed by atoms with Gasteiger partial charge >= 0.3 is 23.9 Å². The Balaban J connectivity index is 1.04. The molecule has 2 aromatic rings. The number of para-hydroxylation sites is 1. The van der Waals surface area contributed by atoms with Crippen LogP contribution in [0.1, 0.15) is 76.3 Å². The van der Waals surface area contributed by atoms with Crippen molar-refractivity contribution in [2.24, 2.45) is 11.8 Å². The molecule has 3 heterocycles. The van der Waals surface area contributed by atoms with Crippen molar-refractivity contribution in [2.75, 3.05) is 83.4 Å². The van der Waals surface area contributed by atoms with E-state index in [0.29, 0.717) is 69.0 Å². The summed E-state index contributed by atoms with van der Waals surface area (Å²) in [5.41, 5.74) is 1.42. The highest BCUT2D eigenvalue weighted by molar-refractivity contribution is 6.07. The van der Waals surface area contributed by atoms with Gasteiger partial charge in [0.2, 0.25) is 52.8 Å². The fourth-order valence-electron chi connectivity index (χ4n) is 9.56. The van der Waals surface area contributed by atoms with Gasteiger partial charge in [0, 0.05) is 71.0 Å². The number of halogens is 4. The molecule has 440 valence electrons. The molecule has 24 nitrogen and oxygen atoms in total. The van der Waals surface area contributed by atoms with Gasteiger partial charge in [-0.2, -0.15) is 8.78 Å². The van der Waals surface area contributed by atoms with Crippen molar-refractivity contribution in [1.82, 2.24) is 47.0 Å². The van der Waals surface area contributed by atoms with Gasteiger partial charge in [0.05, 0.1) is 25.3 Å². The molecule has 0 spiro atoms. The van der Waals surface area contributed by atoms with E-state index in [2.05, 4.69) is 37.2 Å². The number of hydrogen-bond acceptors (Lipinski definition) is 15. The number of rotatable bonds is 32. The summed E-state index contributed by atoms with van der Waals surface area (Å²) < 4.78 is 61.8. The number of nitrogens with zero attached hydrogens (tertiary/aromatic N) is 3. The van der Waals surface area contributed by atoms with E-state index in [1.54, 1.807) is 36.9 Å². The smallest absolute Gasteiger partial charge is 0.335 e. The molecule has 10 N–H and O–H groups in total. The van der Waals surface area contributed by atoms with E-state index in [0.717, 1.165) is 17.7 Å². The number of esters is 1. The van der Waals surface area contributed by atoms with E-state index in [1.165, 1.54) is 0 Å². The van der Waals surface area contributed by atoms with Crippen LogP contribution in [-0.2, 0) is 60.8 Å². The summed E-state index contributed by atoms with van der Waals surface area (Å²) in [6, 6.07) is -0.301. The van der Waals surface area contributed by atoms with E-state index < -0.39 is 125 Å². The number of carboxylic acid groups (broad SMARTS) is 3. The first-order valence-corrected chi connectivity index (χ1v) is 26.5. The number of carbonyl (C=O) groups is 10. The Kier molecular flexibility index (Phi) is 24.5. The molecular formula is C52H70F4N10O14. The highest BCUT2D eigenvalue weighted by atomic mass is 19.2. The molecule has 5 atom stereocenters. The maximum absolute atomic E-state index is 14.5. The number of nitrogens with one attached hydrogen (secondary N) is 7.